The highest BCUT2D eigenvalue weighted by molar-refractivity contribution is 7.90. The van der Waals surface area contributed by atoms with Crippen LogP contribution >= 0.6 is 0 Å². The number of hydrogen-bond donors (Lipinski definition) is 5. The molecule has 2 aromatic rings. The Hall–Kier alpha value is -2.80. The average Bonchev–Trinajstić information content (AvgIpc) is 3.78. The van der Waals surface area contributed by atoms with Crippen LogP contribution < -0.4 is 0 Å². The number of carbonyl (C=O) groups is 1. The number of methoxy groups -OCH3 is 1. The molecule has 19 atom stereocenters. The molecule has 5 N–H and O–H groups in total. The quantitative estimate of drug-likeness (QED) is 0.171. The summed E-state index contributed by atoms with van der Waals surface area (Å²) in [6.07, 6.45) is -3.28. The highest BCUT2D eigenvalue weighted by Gasteiger charge is 2.55. The summed E-state index contributed by atoms with van der Waals surface area (Å²) < 4.78 is 71.7. The summed E-state index contributed by atoms with van der Waals surface area (Å²) in [5, 5.41) is 68.5. The first-order chi connectivity index (χ1) is 33.0. The third-order valence-electron chi connectivity index (χ3n) is 16.0. The molecular weight excluding hydrogens is 944 g/mol. The molecule has 406 valence electrons. The zero-order valence-electron chi connectivity index (χ0n) is 44.4. The molecule has 1 unspecified atom stereocenters. The van der Waals surface area contributed by atoms with Crippen molar-refractivity contribution in [2.24, 2.45) is 23.7 Å². The molecule has 2 aromatic heterocycles. The maximum Gasteiger partial charge on any atom is 0.309 e. The van der Waals surface area contributed by atoms with Gasteiger partial charge < -0.3 is 59.0 Å². The first-order valence-corrected chi connectivity index (χ1v) is 27.1. The maximum atomic E-state index is 14.6. The fraction of sp³-hybridized carbons (Fsp3) is 0.840. The number of carbonyl (C=O) groups excluding carboxylic acids is 1. The van der Waals surface area contributed by atoms with Gasteiger partial charge in [-0.2, -0.15) is 0 Å². The van der Waals surface area contributed by atoms with E-state index in [0.29, 0.717) is 37.3 Å². The Bertz CT molecular complexity index is 2140. The average molecular weight is 1030 g/mol. The van der Waals surface area contributed by atoms with Crippen molar-refractivity contribution in [2.75, 3.05) is 47.2 Å². The van der Waals surface area contributed by atoms with Gasteiger partial charge in [-0.15, -0.1) is 5.10 Å². The summed E-state index contributed by atoms with van der Waals surface area (Å²) in [5.41, 5.74) is -3.46. The lowest BCUT2D eigenvalue weighted by Crippen LogP contribution is -2.62. The molecule has 0 aromatic carbocycles. The summed E-state index contributed by atoms with van der Waals surface area (Å²) in [4.78, 5) is 22.8. The molecule has 3 fully saturated rings. The van der Waals surface area contributed by atoms with Crippen LogP contribution in [0.1, 0.15) is 112 Å². The van der Waals surface area contributed by atoms with Gasteiger partial charge in [-0.05, 0) is 98.9 Å². The van der Waals surface area contributed by atoms with Gasteiger partial charge in [0.15, 0.2) is 16.1 Å². The molecule has 5 rings (SSSR count). The van der Waals surface area contributed by atoms with E-state index in [9.17, 15) is 43.1 Å². The van der Waals surface area contributed by atoms with Crippen LogP contribution in [-0.2, 0) is 51.2 Å². The Balaban J connectivity index is 1.44. The van der Waals surface area contributed by atoms with Gasteiger partial charge in [0.2, 0.25) is 0 Å². The van der Waals surface area contributed by atoms with E-state index < -0.39 is 130 Å². The third kappa shape index (κ3) is 13.7. The number of rotatable bonds is 14. The molecule has 19 nitrogen and oxygen atoms in total. The number of pyridine rings is 1. The predicted octanol–water partition coefficient (Wildman–Crippen LogP) is 2.93. The fourth-order valence-electron chi connectivity index (χ4n) is 11.5. The van der Waals surface area contributed by atoms with Crippen LogP contribution in [0.5, 0.6) is 0 Å². The number of likely N-dealkylation sites (N-methyl/N-ethyl adjacent to an activating group) is 2. The van der Waals surface area contributed by atoms with Crippen molar-refractivity contribution >= 4 is 15.8 Å². The molecule has 3 saturated heterocycles. The lowest BCUT2D eigenvalue weighted by atomic mass is 9.68. The number of halogens is 1. The Morgan fingerprint density at radius 3 is 2.28 bits per heavy atom. The molecule has 0 radical (unpaired) electrons. The van der Waals surface area contributed by atoms with Crippen molar-refractivity contribution in [1.82, 2.24) is 29.8 Å². The van der Waals surface area contributed by atoms with E-state index in [0.717, 1.165) is 6.26 Å². The van der Waals surface area contributed by atoms with Crippen LogP contribution in [0.2, 0.25) is 0 Å². The monoisotopic (exact) mass is 1030 g/mol. The standard InChI is InChI=1S/C50H85FN6O13S/c1-15-40-50(10,63)43(59)32(6)56(12)26-28(2)22-48(8,62)45(30(4)41(31(5)46(61)69-40)39-23-49(9,66-13)44(60)33(7)68-39)70-47-42(58)38(20-29(3)67-47)55(11)19-18-35-27-57(54-53-35)36(24-51)21-34-16-17-37(25-52-34)71(14,64)65/h16-17,25,27-33,36,38-45,47,58-60,62-63H,15,18-24,26H2,1-14H3/t28-,29-,30+,31-,32-,33+,36+,38+,39?,40-,41+,42-,43-,44+,45-,47+,48-,49-,50-/m1/s1. The van der Waals surface area contributed by atoms with E-state index in [1.165, 1.54) is 31.0 Å². The molecule has 0 saturated carbocycles. The molecule has 0 amide bonds. The Labute approximate surface area is 420 Å². The van der Waals surface area contributed by atoms with Crippen LogP contribution in [0.25, 0.3) is 0 Å². The van der Waals surface area contributed by atoms with Gasteiger partial charge in [-0.3, -0.25) is 9.78 Å². The second kappa shape index (κ2) is 23.8. The van der Waals surface area contributed by atoms with Crippen molar-refractivity contribution in [3.63, 3.8) is 0 Å². The Kier molecular flexibility index (Phi) is 19.8. The number of nitrogens with zero attached hydrogens (tertiary/aromatic N) is 6. The topological polar surface area (TPSA) is 249 Å². The summed E-state index contributed by atoms with van der Waals surface area (Å²) in [6.45, 7) is 17.8. The van der Waals surface area contributed by atoms with Crippen molar-refractivity contribution in [3.8, 4) is 0 Å². The summed E-state index contributed by atoms with van der Waals surface area (Å²) in [5.74, 6) is -3.30. The largest absolute Gasteiger partial charge is 0.459 e. The number of aliphatic hydroxyl groups excluding tert-OH is 3. The minimum absolute atomic E-state index is 0.0717. The van der Waals surface area contributed by atoms with Gasteiger partial charge in [-0.25, -0.2) is 17.5 Å². The van der Waals surface area contributed by atoms with Crippen molar-refractivity contribution in [2.45, 2.75) is 203 Å². The normalized spacial score (nSPS) is 40.2. The maximum absolute atomic E-state index is 14.6. The van der Waals surface area contributed by atoms with E-state index in [-0.39, 0.29) is 36.5 Å². The first-order valence-electron chi connectivity index (χ1n) is 25.2. The number of alkyl halides is 1. The SMILES string of the molecule is CC[C@H]1OC(=O)[C@H](C)[C@@H](C2C[C@@](C)(OC)[C@@H](O)[C@H](C)O2)[C@H](C)[C@@H](O[C@@H]2O[C@H](C)C[C@H](N(C)CCc3cn([C@H](CF)Cc4ccc(S(C)(=O)=O)cn4)nn3)[C@H]2O)[C@](C)(O)C[C@@H](C)CN(C)[C@H](C)[C@@H](O)[C@]1(C)O. The zero-order chi connectivity index (χ0) is 53.1. The van der Waals surface area contributed by atoms with Gasteiger partial charge in [0, 0.05) is 81.8 Å². The molecule has 21 heteroatoms. The first kappa shape index (κ1) is 59.1. The van der Waals surface area contributed by atoms with Crippen LogP contribution in [0.3, 0.4) is 0 Å². The highest BCUT2D eigenvalue weighted by Crippen LogP contribution is 2.45. The van der Waals surface area contributed by atoms with E-state index in [1.54, 1.807) is 53.8 Å². The van der Waals surface area contributed by atoms with Crippen molar-refractivity contribution < 1.29 is 66.8 Å². The molecule has 0 spiro atoms. The lowest BCUT2D eigenvalue weighted by molar-refractivity contribution is -0.302. The van der Waals surface area contributed by atoms with Crippen molar-refractivity contribution in [3.05, 3.63) is 35.9 Å². The van der Waals surface area contributed by atoms with E-state index in [4.69, 9.17) is 23.7 Å². The van der Waals surface area contributed by atoms with E-state index >= 15 is 0 Å². The lowest BCUT2D eigenvalue weighted by Gasteiger charge is -2.51. The molecule has 3 aliphatic heterocycles. The molecule has 3 aliphatic rings. The van der Waals surface area contributed by atoms with Crippen LogP contribution in [0, 0.1) is 23.7 Å². The molecule has 5 heterocycles. The molecule has 0 bridgehead atoms. The second-order valence-corrected chi connectivity index (χ2v) is 24.0. The van der Waals surface area contributed by atoms with Crippen molar-refractivity contribution in [1.29, 1.82) is 0 Å². The number of sulfone groups is 1. The van der Waals surface area contributed by atoms with E-state index in [2.05, 4.69) is 15.3 Å². The minimum Gasteiger partial charge on any atom is -0.459 e. The summed E-state index contributed by atoms with van der Waals surface area (Å²) in [6, 6.07) is 1.20. The Morgan fingerprint density at radius 1 is 1.01 bits per heavy atom. The fourth-order valence-corrected chi connectivity index (χ4v) is 12.0. The number of ether oxygens (including phenoxy) is 5. The molecule has 71 heavy (non-hydrogen) atoms. The Morgan fingerprint density at radius 2 is 1.69 bits per heavy atom. The molecule has 0 aliphatic carbocycles. The molecular formula is C50H85FN6O13S. The zero-order valence-corrected chi connectivity index (χ0v) is 45.2. The van der Waals surface area contributed by atoms with Gasteiger partial charge in [-0.1, -0.05) is 32.9 Å². The summed E-state index contributed by atoms with van der Waals surface area (Å²) >= 11 is 0. The minimum atomic E-state index is -3.43. The second-order valence-electron chi connectivity index (χ2n) is 22.0. The predicted molar refractivity (Wildman–Crippen MR) is 262 cm³/mol. The number of cyclic esters (lactones) is 1. The summed E-state index contributed by atoms with van der Waals surface area (Å²) in [7, 11) is 1.78. The van der Waals surface area contributed by atoms with E-state index in [1.807, 2.05) is 44.7 Å². The van der Waals surface area contributed by atoms with Crippen LogP contribution in [0.4, 0.5) is 4.39 Å². The number of esters is 1. The van der Waals surface area contributed by atoms with Gasteiger partial charge in [0.25, 0.3) is 0 Å². The third-order valence-corrected chi connectivity index (χ3v) is 17.1. The number of aromatic nitrogens is 4. The highest BCUT2D eigenvalue weighted by atomic mass is 32.2. The smallest absolute Gasteiger partial charge is 0.309 e. The van der Waals surface area contributed by atoms with Crippen LogP contribution in [0.15, 0.2) is 29.4 Å². The number of hydrogen-bond acceptors (Lipinski definition) is 18. The van der Waals surface area contributed by atoms with Gasteiger partial charge in [0.05, 0.1) is 58.2 Å². The van der Waals surface area contributed by atoms with Crippen LogP contribution in [-0.4, -0.2) is 201 Å². The number of aliphatic hydroxyl groups is 5. The van der Waals surface area contributed by atoms with Gasteiger partial charge in [0.1, 0.15) is 36.7 Å². The van der Waals surface area contributed by atoms with Gasteiger partial charge >= 0.3 is 5.97 Å².